The monoisotopic (exact) mass is 368 g/mol. The highest BCUT2D eigenvalue weighted by molar-refractivity contribution is 9.10. The zero-order chi connectivity index (χ0) is 15.5. The number of nitrogens with two attached hydrogens (primary N) is 1. The van der Waals surface area contributed by atoms with E-state index in [0.717, 1.165) is 10.0 Å². The number of halogens is 1. The molecule has 21 heavy (non-hydrogen) atoms. The van der Waals surface area contributed by atoms with Gasteiger partial charge in [0.15, 0.2) is 0 Å². The molecule has 1 atom stereocenters. The molecular formula is C15H17BrN2O2S. The number of nitrogen functional groups attached to an aromatic ring is 1. The molecule has 4 nitrogen and oxygen atoms in total. The van der Waals surface area contributed by atoms with Gasteiger partial charge in [0, 0.05) is 16.2 Å². The van der Waals surface area contributed by atoms with Crippen molar-refractivity contribution < 1.29 is 8.42 Å². The average Bonchev–Trinajstić information content (AvgIpc) is 2.37. The lowest BCUT2D eigenvalue weighted by molar-refractivity contribution is 0.566. The van der Waals surface area contributed by atoms with Crippen molar-refractivity contribution >= 4 is 31.6 Å². The van der Waals surface area contributed by atoms with Gasteiger partial charge in [0.2, 0.25) is 10.0 Å². The summed E-state index contributed by atoms with van der Waals surface area (Å²) in [6.07, 6.45) is 0. The van der Waals surface area contributed by atoms with Crippen molar-refractivity contribution in [1.29, 1.82) is 0 Å². The highest BCUT2D eigenvalue weighted by Crippen LogP contribution is 2.19. The molecule has 0 aliphatic rings. The summed E-state index contributed by atoms with van der Waals surface area (Å²) in [6, 6.07) is 14.2. The number of nitrogens with one attached hydrogen (secondary N) is 1. The highest BCUT2D eigenvalue weighted by Gasteiger charge is 2.16. The van der Waals surface area contributed by atoms with Crippen LogP contribution in [-0.4, -0.2) is 8.42 Å². The first kappa shape index (κ1) is 16.0. The SMILES string of the molecule is CC(NS(=O)(=O)Cc1cccc(N)c1)c1cccc(Br)c1. The standard InChI is InChI=1S/C15H17BrN2O2S/c1-11(13-5-3-6-14(16)9-13)18-21(19,20)10-12-4-2-7-15(17)8-12/h2-9,11,18H,10,17H2,1H3. The summed E-state index contributed by atoms with van der Waals surface area (Å²) in [7, 11) is -3.43. The Bertz CT molecular complexity index is 732. The summed E-state index contributed by atoms with van der Waals surface area (Å²) in [6.45, 7) is 1.82. The third kappa shape index (κ3) is 4.84. The molecule has 0 aromatic heterocycles. The van der Waals surface area contributed by atoms with E-state index in [2.05, 4.69) is 20.7 Å². The molecule has 0 saturated heterocycles. The van der Waals surface area contributed by atoms with E-state index < -0.39 is 10.0 Å². The van der Waals surface area contributed by atoms with Crippen LogP contribution < -0.4 is 10.5 Å². The van der Waals surface area contributed by atoms with E-state index in [1.54, 1.807) is 24.3 Å². The topological polar surface area (TPSA) is 72.2 Å². The van der Waals surface area contributed by atoms with Crippen molar-refractivity contribution in [3.63, 3.8) is 0 Å². The molecule has 0 aliphatic carbocycles. The quantitative estimate of drug-likeness (QED) is 0.795. The number of hydrogen-bond acceptors (Lipinski definition) is 3. The van der Waals surface area contributed by atoms with Crippen LogP contribution in [0.25, 0.3) is 0 Å². The van der Waals surface area contributed by atoms with Gasteiger partial charge in [0.1, 0.15) is 0 Å². The largest absolute Gasteiger partial charge is 0.399 e. The third-order valence-corrected chi connectivity index (χ3v) is 4.93. The summed E-state index contributed by atoms with van der Waals surface area (Å²) in [5.41, 5.74) is 7.80. The minimum Gasteiger partial charge on any atom is -0.399 e. The van der Waals surface area contributed by atoms with Crippen LogP contribution in [0.2, 0.25) is 0 Å². The molecule has 0 radical (unpaired) electrons. The molecular weight excluding hydrogens is 352 g/mol. The van der Waals surface area contributed by atoms with Gasteiger partial charge in [-0.2, -0.15) is 0 Å². The Morgan fingerprint density at radius 1 is 1.19 bits per heavy atom. The van der Waals surface area contributed by atoms with Gasteiger partial charge >= 0.3 is 0 Å². The third-order valence-electron chi connectivity index (χ3n) is 3.01. The number of rotatable bonds is 5. The maximum Gasteiger partial charge on any atom is 0.216 e. The maximum atomic E-state index is 12.2. The molecule has 3 N–H and O–H groups in total. The van der Waals surface area contributed by atoms with E-state index >= 15 is 0 Å². The number of benzene rings is 2. The van der Waals surface area contributed by atoms with Crippen LogP contribution in [-0.2, 0) is 15.8 Å². The first-order valence-corrected chi connectivity index (χ1v) is 8.90. The van der Waals surface area contributed by atoms with Gasteiger partial charge in [0.05, 0.1) is 5.75 Å². The second kappa shape index (κ2) is 6.60. The molecule has 2 rings (SSSR count). The van der Waals surface area contributed by atoms with Crippen LogP contribution in [0.1, 0.15) is 24.1 Å². The van der Waals surface area contributed by atoms with Gasteiger partial charge in [-0.05, 0) is 42.3 Å². The molecule has 1 unspecified atom stereocenters. The Balaban J connectivity index is 2.10. The second-order valence-electron chi connectivity index (χ2n) is 4.90. The molecule has 0 aliphatic heterocycles. The van der Waals surface area contributed by atoms with E-state index in [4.69, 9.17) is 5.73 Å². The Kier molecular flexibility index (Phi) is 5.03. The van der Waals surface area contributed by atoms with Crippen molar-refractivity contribution in [1.82, 2.24) is 4.72 Å². The summed E-state index contributed by atoms with van der Waals surface area (Å²) < 4.78 is 28.0. The van der Waals surface area contributed by atoms with E-state index in [-0.39, 0.29) is 11.8 Å². The van der Waals surface area contributed by atoms with E-state index in [1.807, 2.05) is 31.2 Å². The van der Waals surface area contributed by atoms with Crippen LogP contribution in [0, 0.1) is 0 Å². The minimum absolute atomic E-state index is 0.0869. The van der Waals surface area contributed by atoms with Crippen molar-refractivity contribution in [2.75, 3.05) is 5.73 Å². The normalized spacial score (nSPS) is 13.0. The molecule has 0 fully saturated rings. The summed E-state index contributed by atoms with van der Waals surface area (Å²) in [5, 5.41) is 0. The Morgan fingerprint density at radius 2 is 1.90 bits per heavy atom. The lowest BCUT2D eigenvalue weighted by Crippen LogP contribution is -2.28. The van der Waals surface area contributed by atoms with Gasteiger partial charge in [-0.3, -0.25) is 0 Å². The Morgan fingerprint density at radius 3 is 2.57 bits per heavy atom. The first-order chi connectivity index (χ1) is 9.85. The van der Waals surface area contributed by atoms with Crippen LogP contribution in [0.15, 0.2) is 53.0 Å². The molecule has 0 bridgehead atoms. The van der Waals surface area contributed by atoms with Crippen LogP contribution in [0.5, 0.6) is 0 Å². The van der Waals surface area contributed by atoms with Gasteiger partial charge in [-0.25, -0.2) is 13.1 Å². The zero-order valence-electron chi connectivity index (χ0n) is 11.6. The molecule has 0 amide bonds. The van der Waals surface area contributed by atoms with Crippen molar-refractivity contribution in [3.05, 3.63) is 64.1 Å². The van der Waals surface area contributed by atoms with Crippen LogP contribution >= 0.6 is 15.9 Å². The lowest BCUT2D eigenvalue weighted by atomic mass is 10.1. The van der Waals surface area contributed by atoms with Gasteiger partial charge < -0.3 is 5.73 Å². The molecule has 2 aromatic rings. The van der Waals surface area contributed by atoms with Crippen molar-refractivity contribution in [2.45, 2.75) is 18.7 Å². The molecule has 2 aromatic carbocycles. The maximum absolute atomic E-state index is 12.2. The Hall–Kier alpha value is -1.37. The average molecular weight is 369 g/mol. The fraction of sp³-hybridized carbons (Fsp3) is 0.200. The predicted molar refractivity (Wildman–Crippen MR) is 89.2 cm³/mol. The lowest BCUT2D eigenvalue weighted by Gasteiger charge is -2.15. The van der Waals surface area contributed by atoms with E-state index in [1.165, 1.54) is 0 Å². The number of hydrogen-bond donors (Lipinski definition) is 2. The van der Waals surface area contributed by atoms with Crippen molar-refractivity contribution in [3.8, 4) is 0 Å². The van der Waals surface area contributed by atoms with E-state index in [0.29, 0.717) is 11.3 Å². The first-order valence-electron chi connectivity index (χ1n) is 6.45. The summed E-state index contributed by atoms with van der Waals surface area (Å²) >= 11 is 3.38. The molecule has 0 saturated carbocycles. The van der Waals surface area contributed by atoms with Crippen LogP contribution in [0.3, 0.4) is 0 Å². The second-order valence-corrected chi connectivity index (χ2v) is 7.57. The molecule has 112 valence electrons. The molecule has 6 heteroatoms. The van der Waals surface area contributed by atoms with Gasteiger partial charge in [0.25, 0.3) is 0 Å². The fourth-order valence-corrected chi connectivity index (χ4v) is 3.85. The van der Waals surface area contributed by atoms with Crippen LogP contribution in [0.4, 0.5) is 5.69 Å². The molecule has 0 heterocycles. The minimum atomic E-state index is -3.43. The fourth-order valence-electron chi connectivity index (χ4n) is 2.06. The Labute approximate surface area is 133 Å². The summed E-state index contributed by atoms with van der Waals surface area (Å²) in [5.74, 6) is -0.0869. The van der Waals surface area contributed by atoms with Gasteiger partial charge in [-0.15, -0.1) is 0 Å². The zero-order valence-corrected chi connectivity index (χ0v) is 14.0. The smallest absolute Gasteiger partial charge is 0.216 e. The van der Waals surface area contributed by atoms with Crippen molar-refractivity contribution in [2.24, 2.45) is 0 Å². The number of sulfonamides is 1. The van der Waals surface area contributed by atoms with Gasteiger partial charge in [-0.1, -0.05) is 40.2 Å². The summed E-state index contributed by atoms with van der Waals surface area (Å²) in [4.78, 5) is 0. The predicted octanol–water partition coefficient (Wildman–Crippen LogP) is 3.21. The number of anilines is 1. The molecule has 0 spiro atoms. The van der Waals surface area contributed by atoms with E-state index in [9.17, 15) is 8.42 Å². The highest BCUT2D eigenvalue weighted by atomic mass is 79.9.